The summed E-state index contributed by atoms with van der Waals surface area (Å²) in [6.45, 7) is 5.20. The Balaban J connectivity index is 1.32. The Labute approximate surface area is 188 Å². The van der Waals surface area contributed by atoms with Crippen LogP contribution < -0.4 is 5.32 Å². The maximum Gasteiger partial charge on any atom is 0.276 e. The van der Waals surface area contributed by atoms with E-state index in [1.165, 1.54) is 5.56 Å². The van der Waals surface area contributed by atoms with Gasteiger partial charge in [-0.25, -0.2) is 4.68 Å². The molecule has 3 heterocycles. The third kappa shape index (κ3) is 4.99. The summed E-state index contributed by atoms with van der Waals surface area (Å²) in [7, 11) is 1.65. The average Bonchev–Trinajstić information content (AvgIpc) is 3.25. The first-order valence-corrected chi connectivity index (χ1v) is 11.2. The maximum atomic E-state index is 13.1. The van der Waals surface area contributed by atoms with E-state index in [0.717, 1.165) is 17.7 Å². The van der Waals surface area contributed by atoms with Gasteiger partial charge in [-0.05, 0) is 31.7 Å². The van der Waals surface area contributed by atoms with Crippen LogP contribution in [0.1, 0.15) is 52.7 Å². The van der Waals surface area contributed by atoms with E-state index in [9.17, 15) is 9.59 Å². The Bertz CT molecular complexity index is 934. The summed E-state index contributed by atoms with van der Waals surface area (Å²) >= 11 is 0. The van der Waals surface area contributed by atoms with Crippen LogP contribution in [0.3, 0.4) is 0 Å². The van der Waals surface area contributed by atoms with Gasteiger partial charge >= 0.3 is 0 Å². The van der Waals surface area contributed by atoms with E-state index < -0.39 is 0 Å². The summed E-state index contributed by atoms with van der Waals surface area (Å²) in [5.74, 6) is -0.137. The van der Waals surface area contributed by atoms with Gasteiger partial charge in [0.2, 0.25) is 5.91 Å². The molecule has 32 heavy (non-hydrogen) atoms. The Morgan fingerprint density at radius 3 is 2.69 bits per heavy atom. The number of hydrogen-bond acceptors (Lipinski definition) is 6. The van der Waals surface area contributed by atoms with Gasteiger partial charge in [-0.3, -0.25) is 9.59 Å². The molecule has 0 bridgehead atoms. The number of aromatic nitrogens is 3. The molecule has 9 nitrogen and oxygen atoms in total. The molecule has 1 saturated heterocycles. The van der Waals surface area contributed by atoms with E-state index in [4.69, 9.17) is 9.47 Å². The van der Waals surface area contributed by atoms with Gasteiger partial charge < -0.3 is 19.7 Å². The van der Waals surface area contributed by atoms with Crippen LogP contribution in [0.5, 0.6) is 0 Å². The van der Waals surface area contributed by atoms with E-state index in [1.807, 2.05) is 0 Å². The van der Waals surface area contributed by atoms with E-state index in [2.05, 4.69) is 46.8 Å². The lowest BCUT2D eigenvalue weighted by molar-refractivity contribution is -0.126. The lowest BCUT2D eigenvalue weighted by Gasteiger charge is -2.31. The molecule has 2 amide bonds. The number of hydrogen-bond donors (Lipinski definition) is 1. The number of aryl methyl sites for hydroxylation is 1. The van der Waals surface area contributed by atoms with Crippen molar-refractivity contribution < 1.29 is 19.1 Å². The molecule has 2 aromatic rings. The average molecular weight is 442 g/mol. The number of rotatable bonds is 7. The Morgan fingerprint density at radius 2 is 1.97 bits per heavy atom. The van der Waals surface area contributed by atoms with Crippen LogP contribution in [0.2, 0.25) is 0 Å². The lowest BCUT2D eigenvalue weighted by Crippen LogP contribution is -2.43. The van der Waals surface area contributed by atoms with Crippen LogP contribution in [-0.4, -0.2) is 65.1 Å². The molecule has 0 radical (unpaired) electrons. The Morgan fingerprint density at radius 1 is 1.22 bits per heavy atom. The minimum Gasteiger partial charge on any atom is -0.385 e. The monoisotopic (exact) mass is 441 g/mol. The van der Waals surface area contributed by atoms with Gasteiger partial charge in [0.1, 0.15) is 6.10 Å². The van der Waals surface area contributed by atoms with Crippen LogP contribution in [-0.2, 0) is 27.4 Å². The molecule has 1 aromatic heterocycles. The van der Waals surface area contributed by atoms with Crippen LogP contribution in [0.15, 0.2) is 24.3 Å². The van der Waals surface area contributed by atoms with Gasteiger partial charge in [0.25, 0.3) is 5.91 Å². The molecule has 0 unspecified atom stereocenters. The second-order valence-corrected chi connectivity index (χ2v) is 8.48. The second kappa shape index (κ2) is 10.2. The van der Waals surface area contributed by atoms with Crippen LogP contribution in [0.25, 0.3) is 0 Å². The van der Waals surface area contributed by atoms with Crippen LogP contribution >= 0.6 is 0 Å². The molecule has 2 aliphatic rings. The normalized spacial score (nSPS) is 18.9. The van der Waals surface area contributed by atoms with Gasteiger partial charge in [0.15, 0.2) is 5.69 Å². The standard InChI is InChI=1S/C23H31N5O4/c1-16-4-6-17(7-5-16)20-14-28-19(15-32-20)21(25-26-28)23(30)27-11-8-18(9-12-27)22(29)24-10-3-13-31-2/h4-7,18,20H,3,8-15H2,1-2H3,(H,24,29)/t20-/m1/s1. The van der Waals surface area contributed by atoms with Gasteiger partial charge in [-0.2, -0.15) is 0 Å². The minimum absolute atomic E-state index is 0.0600. The van der Waals surface area contributed by atoms with Gasteiger partial charge in [0, 0.05) is 39.3 Å². The zero-order valence-corrected chi connectivity index (χ0v) is 18.7. The first-order valence-electron chi connectivity index (χ1n) is 11.2. The molecular formula is C23H31N5O4. The van der Waals surface area contributed by atoms with E-state index in [0.29, 0.717) is 57.9 Å². The Kier molecular flexibility index (Phi) is 7.16. The highest BCUT2D eigenvalue weighted by Crippen LogP contribution is 2.28. The highest BCUT2D eigenvalue weighted by molar-refractivity contribution is 5.93. The van der Waals surface area contributed by atoms with Crippen molar-refractivity contribution >= 4 is 11.8 Å². The molecule has 1 N–H and O–H groups in total. The van der Waals surface area contributed by atoms with Crippen LogP contribution in [0.4, 0.5) is 0 Å². The van der Waals surface area contributed by atoms with Crippen molar-refractivity contribution in [2.24, 2.45) is 5.92 Å². The highest BCUT2D eigenvalue weighted by atomic mass is 16.5. The number of carbonyl (C=O) groups is 2. The predicted octanol–water partition coefficient (Wildman–Crippen LogP) is 1.86. The molecule has 0 spiro atoms. The minimum atomic E-state index is -0.136. The van der Waals surface area contributed by atoms with Gasteiger partial charge in [-0.15, -0.1) is 5.10 Å². The number of nitrogens with one attached hydrogen (secondary N) is 1. The van der Waals surface area contributed by atoms with E-state index >= 15 is 0 Å². The van der Waals surface area contributed by atoms with Crippen molar-refractivity contribution in [1.82, 2.24) is 25.2 Å². The number of piperidine rings is 1. The molecule has 1 atom stereocenters. The van der Waals surface area contributed by atoms with Gasteiger partial charge in [0.05, 0.1) is 18.8 Å². The molecule has 172 valence electrons. The fourth-order valence-corrected chi connectivity index (χ4v) is 4.23. The summed E-state index contributed by atoms with van der Waals surface area (Å²) in [6, 6.07) is 8.25. The maximum absolute atomic E-state index is 13.1. The smallest absolute Gasteiger partial charge is 0.276 e. The summed E-state index contributed by atoms with van der Waals surface area (Å²) in [6.07, 6.45) is 1.99. The number of methoxy groups -OCH3 is 1. The summed E-state index contributed by atoms with van der Waals surface area (Å²) in [5.41, 5.74) is 3.37. The summed E-state index contributed by atoms with van der Waals surface area (Å²) in [4.78, 5) is 27.2. The number of amides is 2. The number of likely N-dealkylation sites (tertiary alicyclic amines) is 1. The molecule has 0 saturated carbocycles. The number of ether oxygens (including phenoxy) is 2. The molecule has 2 aliphatic heterocycles. The highest BCUT2D eigenvalue weighted by Gasteiger charge is 2.33. The first kappa shape index (κ1) is 22.4. The predicted molar refractivity (Wildman–Crippen MR) is 117 cm³/mol. The van der Waals surface area contributed by atoms with Crippen molar-refractivity contribution in [3.05, 3.63) is 46.8 Å². The summed E-state index contributed by atoms with van der Waals surface area (Å²) in [5, 5.41) is 11.4. The largest absolute Gasteiger partial charge is 0.385 e. The van der Waals surface area contributed by atoms with Gasteiger partial charge in [-0.1, -0.05) is 35.0 Å². The number of carbonyl (C=O) groups excluding carboxylic acids is 2. The molecule has 4 rings (SSSR count). The topological polar surface area (TPSA) is 98.6 Å². The molecule has 1 aromatic carbocycles. The van der Waals surface area contributed by atoms with Crippen LogP contribution in [0, 0.1) is 12.8 Å². The third-order valence-electron chi connectivity index (χ3n) is 6.23. The SMILES string of the molecule is COCCCNC(=O)C1CCN(C(=O)c2nnn3c2CO[C@@H](c2ccc(C)cc2)C3)CC1. The van der Waals surface area contributed by atoms with Crippen molar-refractivity contribution in [2.45, 2.75) is 45.4 Å². The molecular weight excluding hydrogens is 410 g/mol. The zero-order chi connectivity index (χ0) is 22.5. The number of nitrogens with zero attached hydrogens (tertiary/aromatic N) is 4. The van der Waals surface area contributed by atoms with Crippen molar-refractivity contribution in [2.75, 3.05) is 33.4 Å². The summed E-state index contributed by atoms with van der Waals surface area (Å²) < 4.78 is 12.8. The fraction of sp³-hybridized carbons (Fsp3) is 0.565. The van der Waals surface area contributed by atoms with Crippen molar-refractivity contribution in [1.29, 1.82) is 0 Å². The molecule has 1 fully saturated rings. The number of benzene rings is 1. The lowest BCUT2D eigenvalue weighted by atomic mass is 9.95. The van der Waals surface area contributed by atoms with Crippen molar-refractivity contribution in [3.8, 4) is 0 Å². The molecule has 9 heteroatoms. The first-order chi connectivity index (χ1) is 15.6. The quantitative estimate of drug-likeness (QED) is 0.659. The molecule has 0 aliphatic carbocycles. The zero-order valence-electron chi connectivity index (χ0n) is 18.7. The van der Waals surface area contributed by atoms with E-state index in [1.54, 1.807) is 16.7 Å². The number of fused-ring (bicyclic) bond motifs is 1. The van der Waals surface area contributed by atoms with Crippen molar-refractivity contribution in [3.63, 3.8) is 0 Å². The fourth-order valence-electron chi connectivity index (χ4n) is 4.23. The Hall–Kier alpha value is -2.78. The van der Waals surface area contributed by atoms with E-state index in [-0.39, 0.29) is 23.8 Å². The third-order valence-corrected chi connectivity index (χ3v) is 6.23. The second-order valence-electron chi connectivity index (χ2n) is 8.48.